The molecule has 3 N–H and O–H groups in total. The normalized spacial score (nSPS) is 17.6. The summed E-state index contributed by atoms with van der Waals surface area (Å²) in [5.41, 5.74) is 10.7. The highest BCUT2D eigenvalue weighted by Crippen LogP contribution is 2.37. The topological polar surface area (TPSA) is 105 Å². The van der Waals surface area contributed by atoms with Crippen LogP contribution in [0, 0.1) is 5.92 Å². The molecule has 2 fully saturated rings. The fourth-order valence-corrected chi connectivity index (χ4v) is 6.75. The number of ether oxygens (including phenoxy) is 1. The van der Waals surface area contributed by atoms with E-state index in [4.69, 9.17) is 10.5 Å². The molecule has 1 aliphatic heterocycles. The number of benzene rings is 2. The molecule has 0 atom stereocenters. The van der Waals surface area contributed by atoms with Gasteiger partial charge in [0.15, 0.2) is 0 Å². The van der Waals surface area contributed by atoms with Gasteiger partial charge in [-0.25, -0.2) is 12.7 Å². The number of hydrogen-bond donors (Lipinski definition) is 2. The van der Waals surface area contributed by atoms with Crippen LogP contribution in [0.1, 0.15) is 49.1 Å². The third-order valence-corrected chi connectivity index (χ3v) is 9.36. The predicted molar refractivity (Wildman–Crippen MR) is 142 cm³/mol. The summed E-state index contributed by atoms with van der Waals surface area (Å²) in [6.07, 6.45) is 6.75. The number of H-pyrrole nitrogens is 1. The highest BCUT2D eigenvalue weighted by Gasteiger charge is 2.30. The molecule has 1 aromatic heterocycles. The second kappa shape index (κ2) is 10.7. The minimum atomic E-state index is -3.27. The number of rotatable bonds is 11. The zero-order valence-electron chi connectivity index (χ0n) is 20.6. The first-order chi connectivity index (χ1) is 17.4. The number of primary amides is 1. The van der Waals surface area contributed by atoms with E-state index >= 15 is 0 Å². The lowest BCUT2D eigenvalue weighted by Crippen LogP contribution is -2.39. The number of fused-ring (bicyclic) bond motifs is 1. The number of carbonyl (C=O) groups is 1. The lowest BCUT2D eigenvalue weighted by Gasteiger charge is -2.31. The van der Waals surface area contributed by atoms with E-state index in [-0.39, 0.29) is 24.0 Å². The van der Waals surface area contributed by atoms with E-state index in [1.165, 1.54) is 18.4 Å². The number of sulfonamides is 1. The van der Waals surface area contributed by atoms with Gasteiger partial charge in [-0.2, -0.15) is 0 Å². The Balaban J connectivity index is 1.29. The number of piperidine rings is 1. The average molecular weight is 510 g/mol. The number of aromatic nitrogens is 1. The Kier molecular flexibility index (Phi) is 7.46. The second-order valence-corrected chi connectivity index (χ2v) is 12.3. The summed E-state index contributed by atoms with van der Waals surface area (Å²) in [7, 11) is -3.27. The summed E-state index contributed by atoms with van der Waals surface area (Å²) in [6, 6.07) is 14.3. The van der Waals surface area contributed by atoms with E-state index in [2.05, 4.69) is 23.2 Å². The summed E-state index contributed by atoms with van der Waals surface area (Å²) < 4.78 is 33.0. The summed E-state index contributed by atoms with van der Waals surface area (Å²) in [6.45, 7) is 2.33. The number of nitrogens with one attached hydrogen (secondary N) is 1. The van der Waals surface area contributed by atoms with E-state index in [1.54, 1.807) is 4.31 Å². The van der Waals surface area contributed by atoms with E-state index in [1.807, 2.05) is 30.5 Å². The van der Waals surface area contributed by atoms with Crippen LogP contribution in [0.15, 0.2) is 48.7 Å². The van der Waals surface area contributed by atoms with Crippen molar-refractivity contribution in [1.29, 1.82) is 0 Å². The van der Waals surface area contributed by atoms with Gasteiger partial charge in [0.1, 0.15) is 0 Å². The number of carbonyl (C=O) groups excluding carboxylic acids is 1. The zero-order chi connectivity index (χ0) is 25.1. The summed E-state index contributed by atoms with van der Waals surface area (Å²) in [5, 5.41) is 1.08. The lowest BCUT2D eigenvalue weighted by molar-refractivity contribution is -0.117. The Bertz CT molecular complexity index is 1310. The van der Waals surface area contributed by atoms with E-state index in [0.717, 1.165) is 47.0 Å². The van der Waals surface area contributed by atoms with Gasteiger partial charge in [-0.3, -0.25) is 4.79 Å². The summed E-state index contributed by atoms with van der Waals surface area (Å²) >= 11 is 0. The van der Waals surface area contributed by atoms with Crippen molar-refractivity contribution in [2.24, 2.45) is 11.7 Å². The fourth-order valence-electron chi connectivity index (χ4n) is 5.24. The molecular formula is C28H35N3O4S. The molecule has 0 unspecified atom stereocenters. The van der Waals surface area contributed by atoms with Crippen LogP contribution in [0.3, 0.4) is 0 Å². The predicted octanol–water partition coefficient (Wildman–Crippen LogP) is 4.19. The van der Waals surface area contributed by atoms with Gasteiger partial charge in [0.05, 0.1) is 12.2 Å². The van der Waals surface area contributed by atoms with Crippen molar-refractivity contribution >= 4 is 26.8 Å². The van der Waals surface area contributed by atoms with E-state index < -0.39 is 10.0 Å². The molecule has 1 saturated heterocycles. The molecule has 2 aliphatic rings. The Morgan fingerprint density at radius 3 is 2.50 bits per heavy atom. The number of nitrogens with two attached hydrogens (primary N) is 1. The standard InChI is InChI=1S/C28H35N3O4S/c29-27(32)17-24-15-23(21-5-2-1-3-6-21)16-25-26(18-30-28(24)25)22-9-11-31(12-10-22)36(33,34)14-4-13-35-19-20-7-8-20/h1-3,5-6,15-16,18,20,22,30H,4,7-14,17,19H2,(H2,29,32). The van der Waals surface area contributed by atoms with Crippen molar-refractivity contribution in [2.45, 2.75) is 44.4 Å². The smallest absolute Gasteiger partial charge is 0.221 e. The molecule has 0 bridgehead atoms. The van der Waals surface area contributed by atoms with Crippen molar-refractivity contribution in [3.63, 3.8) is 0 Å². The van der Waals surface area contributed by atoms with Crippen molar-refractivity contribution in [3.05, 3.63) is 59.8 Å². The first-order valence-electron chi connectivity index (χ1n) is 12.9. The van der Waals surface area contributed by atoms with Crippen LogP contribution >= 0.6 is 0 Å². The van der Waals surface area contributed by atoms with Crippen molar-refractivity contribution in [1.82, 2.24) is 9.29 Å². The maximum atomic E-state index is 12.9. The zero-order valence-corrected chi connectivity index (χ0v) is 21.4. The van der Waals surface area contributed by atoms with Gasteiger partial charge in [-0.15, -0.1) is 0 Å². The Labute approximate surface area is 213 Å². The first kappa shape index (κ1) is 25.0. The van der Waals surface area contributed by atoms with Crippen LogP contribution in [0.4, 0.5) is 0 Å². The second-order valence-electron chi connectivity index (χ2n) is 10.2. The SMILES string of the molecule is NC(=O)Cc1cc(-c2ccccc2)cc2c(C3CCN(S(=O)(=O)CCCOCC4CC4)CC3)c[nH]c12. The van der Waals surface area contributed by atoms with Gasteiger partial charge in [0, 0.05) is 43.4 Å². The minimum absolute atomic E-state index is 0.145. The summed E-state index contributed by atoms with van der Waals surface area (Å²) in [5.74, 6) is 0.723. The van der Waals surface area contributed by atoms with Gasteiger partial charge in [0.2, 0.25) is 15.9 Å². The van der Waals surface area contributed by atoms with Gasteiger partial charge in [-0.05, 0) is 78.3 Å². The highest BCUT2D eigenvalue weighted by atomic mass is 32.2. The maximum Gasteiger partial charge on any atom is 0.221 e. The Hall–Kier alpha value is -2.68. The number of nitrogens with zero attached hydrogens (tertiary/aromatic N) is 1. The van der Waals surface area contributed by atoms with Gasteiger partial charge >= 0.3 is 0 Å². The molecule has 0 spiro atoms. The van der Waals surface area contributed by atoms with Crippen LogP contribution in [0.2, 0.25) is 0 Å². The van der Waals surface area contributed by atoms with Crippen LogP contribution in [0.5, 0.6) is 0 Å². The van der Waals surface area contributed by atoms with Gasteiger partial charge < -0.3 is 15.5 Å². The Morgan fingerprint density at radius 2 is 1.81 bits per heavy atom. The molecule has 0 radical (unpaired) electrons. The van der Waals surface area contributed by atoms with Crippen molar-refractivity contribution in [3.8, 4) is 11.1 Å². The van der Waals surface area contributed by atoms with Crippen LogP contribution < -0.4 is 5.73 Å². The number of hydrogen-bond acceptors (Lipinski definition) is 4. The number of aromatic amines is 1. The quantitative estimate of drug-likeness (QED) is 0.378. The molecule has 3 aromatic rings. The lowest BCUT2D eigenvalue weighted by atomic mass is 9.88. The third kappa shape index (κ3) is 5.82. The molecular weight excluding hydrogens is 474 g/mol. The van der Waals surface area contributed by atoms with Crippen LogP contribution in [-0.4, -0.2) is 55.7 Å². The summed E-state index contributed by atoms with van der Waals surface area (Å²) in [4.78, 5) is 15.2. The maximum absolute atomic E-state index is 12.9. The molecule has 36 heavy (non-hydrogen) atoms. The molecule has 8 heteroatoms. The minimum Gasteiger partial charge on any atom is -0.381 e. The number of amides is 1. The molecule has 5 rings (SSSR count). The third-order valence-electron chi connectivity index (χ3n) is 7.40. The largest absolute Gasteiger partial charge is 0.381 e. The fraction of sp³-hybridized carbons (Fsp3) is 0.464. The molecule has 1 amide bonds. The van der Waals surface area contributed by atoms with Crippen LogP contribution in [0.25, 0.3) is 22.0 Å². The van der Waals surface area contributed by atoms with Crippen LogP contribution in [-0.2, 0) is 26.0 Å². The van der Waals surface area contributed by atoms with E-state index in [9.17, 15) is 13.2 Å². The van der Waals surface area contributed by atoms with Gasteiger partial charge in [-0.1, -0.05) is 30.3 Å². The van der Waals surface area contributed by atoms with Gasteiger partial charge in [0.25, 0.3) is 0 Å². The monoisotopic (exact) mass is 509 g/mol. The molecule has 2 heterocycles. The molecule has 7 nitrogen and oxygen atoms in total. The molecule has 192 valence electrons. The highest BCUT2D eigenvalue weighted by molar-refractivity contribution is 7.89. The molecule has 2 aromatic carbocycles. The Morgan fingerprint density at radius 1 is 1.06 bits per heavy atom. The van der Waals surface area contributed by atoms with Crippen molar-refractivity contribution in [2.75, 3.05) is 32.1 Å². The first-order valence-corrected chi connectivity index (χ1v) is 14.5. The molecule has 1 aliphatic carbocycles. The molecule has 1 saturated carbocycles. The van der Waals surface area contributed by atoms with Crippen molar-refractivity contribution < 1.29 is 17.9 Å². The average Bonchev–Trinajstić information content (AvgIpc) is 3.60. The van der Waals surface area contributed by atoms with E-state index in [0.29, 0.717) is 32.0 Å².